The van der Waals surface area contributed by atoms with Crippen LogP contribution in [0.25, 0.3) is 0 Å². The van der Waals surface area contributed by atoms with Gasteiger partial charge in [-0.2, -0.15) is 0 Å². The van der Waals surface area contributed by atoms with E-state index in [1.54, 1.807) is 18.3 Å². The minimum atomic E-state index is -3.13. The highest BCUT2D eigenvalue weighted by Gasteiger charge is 2.06. The number of nitrogens with one attached hydrogen (secondary N) is 1. The summed E-state index contributed by atoms with van der Waals surface area (Å²) in [4.78, 5) is 4.64. The summed E-state index contributed by atoms with van der Waals surface area (Å²) in [6.45, 7) is 3.73. The molecule has 1 aromatic carbocycles. The number of anilines is 1. The molecule has 1 N–H and O–H groups in total. The summed E-state index contributed by atoms with van der Waals surface area (Å²) in [6, 6.07) is 6.91. The topological polar surface area (TPSA) is 64.0 Å². The quantitative estimate of drug-likeness (QED) is 0.854. The van der Waals surface area contributed by atoms with Gasteiger partial charge in [0.05, 0.1) is 4.90 Å². The number of imidazole rings is 1. The minimum Gasteiger partial charge on any atom is -0.352 e. The van der Waals surface area contributed by atoms with Crippen molar-refractivity contribution in [1.82, 2.24) is 9.55 Å². The van der Waals surface area contributed by atoms with Crippen molar-refractivity contribution in [2.45, 2.75) is 37.8 Å². The lowest BCUT2D eigenvalue weighted by Crippen LogP contribution is -2.07. The largest absolute Gasteiger partial charge is 0.352 e. The molecule has 0 saturated carbocycles. The van der Waals surface area contributed by atoms with Crippen LogP contribution in [-0.2, 0) is 22.9 Å². The summed E-state index contributed by atoms with van der Waals surface area (Å²) in [5.74, 6) is 0.843. The number of sulfone groups is 1. The molecule has 0 spiro atoms. The van der Waals surface area contributed by atoms with Gasteiger partial charge >= 0.3 is 0 Å². The number of benzene rings is 1. The second-order valence-corrected chi connectivity index (χ2v) is 7.08. The van der Waals surface area contributed by atoms with E-state index in [1.165, 1.54) is 6.26 Å². The van der Waals surface area contributed by atoms with Crippen LogP contribution in [0.5, 0.6) is 0 Å². The first-order chi connectivity index (χ1) is 10.0. The predicted octanol–water partition coefficient (Wildman–Crippen LogP) is 2.70. The Balaban J connectivity index is 1.99. The van der Waals surface area contributed by atoms with Gasteiger partial charge in [-0.15, -0.1) is 0 Å². The number of hydrogen-bond acceptors (Lipinski definition) is 4. The van der Waals surface area contributed by atoms with Crippen LogP contribution in [0.4, 0.5) is 5.95 Å². The number of nitrogens with zero attached hydrogens (tertiary/aromatic N) is 2. The molecular formula is C15H21N3O2S. The Hall–Kier alpha value is -1.82. The third kappa shape index (κ3) is 4.32. The highest BCUT2D eigenvalue weighted by Crippen LogP contribution is 2.12. The zero-order valence-electron chi connectivity index (χ0n) is 12.4. The van der Waals surface area contributed by atoms with E-state index in [4.69, 9.17) is 0 Å². The summed E-state index contributed by atoms with van der Waals surface area (Å²) >= 11 is 0. The van der Waals surface area contributed by atoms with Crippen molar-refractivity contribution >= 4 is 15.8 Å². The van der Waals surface area contributed by atoms with Crippen LogP contribution in [0.2, 0.25) is 0 Å². The van der Waals surface area contributed by atoms with E-state index < -0.39 is 9.84 Å². The van der Waals surface area contributed by atoms with E-state index in [9.17, 15) is 8.42 Å². The zero-order chi connectivity index (χ0) is 15.3. The van der Waals surface area contributed by atoms with Gasteiger partial charge in [-0.25, -0.2) is 13.4 Å². The molecular weight excluding hydrogens is 286 g/mol. The molecule has 0 aliphatic carbocycles. The molecule has 21 heavy (non-hydrogen) atoms. The third-order valence-electron chi connectivity index (χ3n) is 3.27. The third-order valence-corrected chi connectivity index (χ3v) is 4.40. The first-order valence-electron chi connectivity index (χ1n) is 7.04. The molecule has 1 heterocycles. The maximum atomic E-state index is 11.4. The monoisotopic (exact) mass is 307 g/mol. The maximum absolute atomic E-state index is 11.4. The minimum absolute atomic E-state index is 0.343. The van der Waals surface area contributed by atoms with Gasteiger partial charge in [0.1, 0.15) is 0 Å². The van der Waals surface area contributed by atoms with Gasteiger partial charge in [-0.3, -0.25) is 0 Å². The molecule has 2 rings (SSSR count). The Kier molecular flexibility index (Phi) is 5.01. The molecule has 5 nitrogen and oxygen atoms in total. The Bertz CT molecular complexity index is 675. The number of aryl methyl sites for hydroxylation is 1. The standard InChI is InChI=1S/C15H21N3O2S/c1-3-4-10-18-11-9-16-15(18)17-12-13-5-7-14(8-6-13)21(2,19)20/h5-9,11H,3-4,10,12H2,1-2H3,(H,16,17). The smallest absolute Gasteiger partial charge is 0.203 e. The highest BCUT2D eigenvalue weighted by molar-refractivity contribution is 7.90. The van der Waals surface area contributed by atoms with Crippen molar-refractivity contribution in [2.75, 3.05) is 11.6 Å². The molecule has 114 valence electrons. The van der Waals surface area contributed by atoms with Gasteiger partial charge < -0.3 is 9.88 Å². The van der Waals surface area contributed by atoms with Crippen molar-refractivity contribution in [3.8, 4) is 0 Å². The normalized spacial score (nSPS) is 11.5. The molecule has 0 atom stereocenters. The van der Waals surface area contributed by atoms with Crippen LogP contribution in [0.1, 0.15) is 25.3 Å². The molecule has 1 aromatic heterocycles. The van der Waals surface area contributed by atoms with E-state index in [2.05, 4.69) is 21.8 Å². The molecule has 0 fully saturated rings. The first-order valence-corrected chi connectivity index (χ1v) is 8.94. The number of hydrogen-bond donors (Lipinski definition) is 1. The molecule has 2 aromatic rings. The van der Waals surface area contributed by atoms with Crippen LogP contribution in [0, 0.1) is 0 Å². The van der Waals surface area contributed by atoms with E-state index in [-0.39, 0.29) is 0 Å². The zero-order valence-corrected chi connectivity index (χ0v) is 13.2. The lowest BCUT2D eigenvalue weighted by atomic mass is 10.2. The van der Waals surface area contributed by atoms with Crippen molar-refractivity contribution < 1.29 is 8.42 Å². The van der Waals surface area contributed by atoms with Crippen molar-refractivity contribution in [1.29, 1.82) is 0 Å². The van der Waals surface area contributed by atoms with E-state index in [0.29, 0.717) is 11.4 Å². The van der Waals surface area contributed by atoms with Crippen LogP contribution >= 0.6 is 0 Å². The lowest BCUT2D eigenvalue weighted by Gasteiger charge is -2.09. The van der Waals surface area contributed by atoms with Gasteiger partial charge in [-0.05, 0) is 24.1 Å². The summed E-state index contributed by atoms with van der Waals surface area (Å²) < 4.78 is 24.9. The molecule has 0 amide bonds. The summed E-state index contributed by atoms with van der Waals surface area (Å²) in [6.07, 6.45) is 7.22. The van der Waals surface area contributed by atoms with Crippen LogP contribution in [-0.4, -0.2) is 24.2 Å². The van der Waals surface area contributed by atoms with Crippen molar-refractivity contribution in [3.63, 3.8) is 0 Å². The molecule has 0 saturated heterocycles. The predicted molar refractivity (Wildman–Crippen MR) is 84.0 cm³/mol. The van der Waals surface area contributed by atoms with Gasteiger partial charge in [0, 0.05) is 31.7 Å². The molecule has 0 radical (unpaired) electrons. The van der Waals surface area contributed by atoms with Crippen LogP contribution in [0.15, 0.2) is 41.6 Å². The Morgan fingerprint density at radius 1 is 1.24 bits per heavy atom. The summed E-state index contributed by atoms with van der Waals surface area (Å²) in [5.41, 5.74) is 1.02. The Morgan fingerprint density at radius 3 is 2.57 bits per heavy atom. The van der Waals surface area contributed by atoms with Crippen LogP contribution < -0.4 is 5.32 Å². The second-order valence-electron chi connectivity index (χ2n) is 5.07. The van der Waals surface area contributed by atoms with Crippen molar-refractivity contribution in [3.05, 3.63) is 42.2 Å². The van der Waals surface area contributed by atoms with Crippen LogP contribution in [0.3, 0.4) is 0 Å². The summed E-state index contributed by atoms with van der Waals surface area (Å²) in [7, 11) is -3.13. The van der Waals surface area contributed by atoms with Gasteiger partial charge in [-0.1, -0.05) is 25.5 Å². The van der Waals surface area contributed by atoms with E-state index >= 15 is 0 Å². The fourth-order valence-corrected chi connectivity index (χ4v) is 2.65. The number of aromatic nitrogens is 2. The van der Waals surface area contributed by atoms with E-state index in [0.717, 1.165) is 30.9 Å². The second kappa shape index (κ2) is 6.76. The SMILES string of the molecule is CCCCn1ccnc1NCc1ccc(S(C)(=O)=O)cc1. The first kappa shape index (κ1) is 15.6. The average molecular weight is 307 g/mol. The van der Waals surface area contributed by atoms with Gasteiger partial charge in [0.15, 0.2) is 9.84 Å². The maximum Gasteiger partial charge on any atom is 0.203 e. The highest BCUT2D eigenvalue weighted by atomic mass is 32.2. The Labute approximate surface area is 125 Å². The van der Waals surface area contributed by atoms with Gasteiger partial charge in [0.25, 0.3) is 0 Å². The fourth-order valence-electron chi connectivity index (χ4n) is 2.02. The number of rotatable bonds is 7. The summed E-state index contributed by atoms with van der Waals surface area (Å²) in [5, 5.41) is 3.28. The Morgan fingerprint density at radius 2 is 1.95 bits per heavy atom. The van der Waals surface area contributed by atoms with E-state index in [1.807, 2.05) is 18.3 Å². The molecule has 0 aliphatic rings. The molecule has 0 bridgehead atoms. The lowest BCUT2D eigenvalue weighted by molar-refractivity contribution is 0.602. The number of unbranched alkanes of at least 4 members (excludes halogenated alkanes) is 1. The van der Waals surface area contributed by atoms with Gasteiger partial charge in [0.2, 0.25) is 5.95 Å². The molecule has 0 aliphatic heterocycles. The molecule has 0 unspecified atom stereocenters. The average Bonchev–Trinajstić information content (AvgIpc) is 2.90. The van der Waals surface area contributed by atoms with Crippen molar-refractivity contribution in [2.24, 2.45) is 0 Å². The fraction of sp³-hybridized carbons (Fsp3) is 0.400. The molecule has 6 heteroatoms.